The first kappa shape index (κ1) is 10.3. The van der Waals surface area contributed by atoms with Gasteiger partial charge in [-0.05, 0) is 25.5 Å². The van der Waals surface area contributed by atoms with Crippen molar-refractivity contribution in [2.45, 2.75) is 24.9 Å². The topological polar surface area (TPSA) is 6.48 Å². The second-order valence-corrected chi connectivity index (χ2v) is 5.21. The first-order valence-electron chi connectivity index (χ1n) is 6.31. The molecule has 2 unspecified atom stereocenters. The van der Waals surface area contributed by atoms with Gasteiger partial charge in [0.15, 0.2) is 0 Å². The van der Waals surface area contributed by atoms with Crippen molar-refractivity contribution in [2.75, 3.05) is 26.7 Å². The van der Waals surface area contributed by atoms with E-state index in [9.17, 15) is 0 Å². The minimum absolute atomic E-state index is 0.832. The van der Waals surface area contributed by atoms with E-state index in [1.807, 2.05) is 0 Å². The van der Waals surface area contributed by atoms with E-state index in [4.69, 9.17) is 0 Å². The third-order valence-corrected chi connectivity index (χ3v) is 4.16. The summed E-state index contributed by atoms with van der Waals surface area (Å²) in [4.78, 5) is 5.20. The van der Waals surface area contributed by atoms with E-state index in [1.54, 1.807) is 0 Å². The van der Waals surface area contributed by atoms with Crippen molar-refractivity contribution in [3.63, 3.8) is 0 Å². The Kier molecular flexibility index (Phi) is 2.70. The standard InChI is InChI=1S/C14H20N2/c1-15-10-14-9-13(15)11-16(14)8-7-12-5-3-2-4-6-12/h2-6,13-14H,7-11H2,1H3. The van der Waals surface area contributed by atoms with Crippen LogP contribution in [0.5, 0.6) is 0 Å². The van der Waals surface area contributed by atoms with Crippen LogP contribution >= 0.6 is 0 Å². The number of likely N-dealkylation sites (N-methyl/N-ethyl adjacent to an activating group) is 1. The Morgan fingerprint density at radius 2 is 1.94 bits per heavy atom. The van der Waals surface area contributed by atoms with Gasteiger partial charge >= 0.3 is 0 Å². The van der Waals surface area contributed by atoms with Crippen molar-refractivity contribution in [2.24, 2.45) is 0 Å². The van der Waals surface area contributed by atoms with Gasteiger partial charge in [0.2, 0.25) is 0 Å². The van der Waals surface area contributed by atoms with Crippen molar-refractivity contribution in [1.82, 2.24) is 9.80 Å². The molecule has 0 aliphatic carbocycles. The van der Waals surface area contributed by atoms with Crippen LogP contribution in [0.15, 0.2) is 30.3 Å². The van der Waals surface area contributed by atoms with E-state index >= 15 is 0 Å². The molecule has 2 aliphatic rings. The molecule has 0 saturated carbocycles. The van der Waals surface area contributed by atoms with Gasteiger partial charge in [-0.15, -0.1) is 0 Å². The number of fused-ring (bicyclic) bond motifs is 2. The summed E-state index contributed by atoms with van der Waals surface area (Å²) in [6.45, 7) is 3.80. The van der Waals surface area contributed by atoms with E-state index < -0.39 is 0 Å². The molecular weight excluding hydrogens is 196 g/mol. The first-order chi connectivity index (χ1) is 7.83. The molecule has 2 fully saturated rings. The summed E-state index contributed by atoms with van der Waals surface area (Å²) >= 11 is 0. The van der Waals surface area contributed by atoms with Crippen molar-refractivity contribution in [1.29, 1.82) is 0 Å². The van der Waals surface area contributed by atoms with Gasteiger partial charge in [0.25, 0.3) is 0 Å². The van der Waals surface area contributed by atoms with E-state index in [0.717, 1.165) is 12.1 Å². The molecule has 2 bridgehead atoms. The average molecular weight is 216 g/mol. The lowest BCUT2D eigenvalue weighted by molar-refractivity contribution is 0.151. The molecule has 16 heavy (non-hydrogen) atoms. The van der Waals surface area contributed by atoms with Crippen LogP contribution in [-0.2, 0) is 6.42 Å². The Bertz CT molecular complexity index is 347. The number of likely N-dealkylation sites (tertiary alicyclic amines) is 2. The Hall–Kier alpha value is -0.860. The molecule has 1 aromatic rings. The maximum absolute atomic E-state index is 2.68. The summed E-state index contributed by atoms with van der Waals surface area (Å²) in [6.07, 6.45) is 2.60. The number of nitrogens with zero attached hydrogens (tertiary/aromatic N) is 2. The van der Waals surface area contributed by atoms with E-state index in [2.05, 4.69) is 47.2 Å². The quantitative estimate of drug-likeness (QED) is 0.757. The molecule has 2 saturated heterocycles. The van der Waals surface area contributed by atoms with Crippen molar-refractivity contribution >= 4 is 0 Å². The van der Waals surface area contributed by atoms with Gasteiger partial charge in [0.05, 0.1) is 0 Å². The molecule has 3 rings (SSSR count). The maximum atomic E-state index is 2.68. The number of rotatable bonds is 3. The smallest absolute Gasteiger partial charge is 0.0239 e. The Labute approximate surface area is 97.9 Å². The van der Waals surface area contributed by atoms with Crippen LogP contribution in [0.1, 0.15) is 12.0 Å². The fraction of sp³-hybridized carbons (Fsp3) is 0.571. The molecule has 2 aliphatic heterocycles. The summed E-state index contributed by atoms with van der Waals surface area (Å²) in [5, 5.41) is 0. The van der Waals surface area contributed by atoms with Crippen LogP contribution in [0.3, 0.4) is 0 Å². The first-order valence-corrected chi connectivity index (χ1v) is 6.31. The molecule has 0 N–H and O–H groups in total. The number of piperazine rings is 1. The second-order valence-electron chi connectivity index (χ2n) is 5.21. The van der Waals surface area contributed by atoms with Gasteiger partial charge in [-0.25, -0.2) is 0 Å². The Morgan fingerprint density at radius 1 is 1.12 bits per heavy atom. The van der Waals surface area contributed by atoms with Crippen LogP contribution < -0.4 is 0 Å². The highest BCUT2D eigenvalue weighted by Crippen LogP contribution is 2.29. The van der Waals surface area contributed by atoms with E-state index in [-0.39, 0.29) is 0 Å². The molecule has 0 aromatic heterocycles. The van der Waals surface area contributed by atoms with Gasteiger partial charge in [-0.3, -0.25) is 4.90 Å². The molecule has 0 amide bonds. The molecule has 1 aromatic carbocycles. The molecule has 2 heteroatoms. The van der Waals surface area contributed by atoms with Gasteiger partial charge in [-0.2, -0.15) is 0 Å². The van der Waals surface area contributed by atoms with Gasteiger partial charge in [0, 0.05) is 31.7 Å². The number of benzene rings is 1. The highest BCUT2D eigenvalue weighted by Gasteiger charge is 2.40. The van der Waals surface area contributed by atoms with Crippen LogP contribution in [0.25, 0.3) is 0 Å². The van der Waals surface area contributed by atoms with Crippen LogP contribution in [-0.4, -0.2) is 48.6 Å². The molecule has 2 atom stereocenters. The predicted molar refractivity (Wildman–Crippen MR) is 66.5 cm³/mol. The zero-order valence-corrected chi connectivity index (χ0v) is 9.97. The van der Waals surface area contributed by atoms with Gasteiger partial charge < -0.3 is 4.90 Å². The molecule has 2 heterocycles. The van der Waals surface area contributed by atoms with Gasteiger partial charge in [-0.1, -0.05) is 30.3 Å². The predicted octanol–water partition coefficient (Wildman–Crippen LogP) is 1.62. The number of hydrogen-bond acceptors (Lipinski definition) is 2. The molecule has 0 spiro atoms. The summed E-state index contributed by atoms with van der Waals surface area (Å²) in [5.41, 5.74) is 1.47. The minimum atomic E-state index is 0.832. The highest BCUT2D eigenvalue weighted by atomic mass is 15.3. The minimum Gasteiger partial charge on any atom is -0.301 e. The average Bonchev–Trinajstić information content (AvgIpc) is 2.86. The maximum Gasteiger partial charge on any atom is 0.0239 e. The zero-order chi connectivity index (χ0) is 11.0. The molecular formula is C14H20N2. The molecule has 2 nitrogen and oxygen atoms in total. The summed E-state index contributed by atoms with van der Waals surface area (Å²) in [7, 11) is 2.26. The SMILES string of the molecule is CN1CC2CC1CN2CCc1ccccc1. The summed E-state index contributed by atoms with van der Waals surface area (Å²) in [5.74, 6) is 0. The van der Waals surface area contributed by atoms with Crippen LogP contribution in [0, 0.1) is 0 Å². The fourth-order valence-corrected chi connectivity index (χ4v) is 3.14. The third kappa shape index (κ3) is 1.87. The molecule has 0 radical (unpaired) electrons. The second kappa shape index (κ2) is 4.19. The zero-order valence-electron chi connectivity index (χ0n) is 9.97. The van der Waals surface area contributed by atoms with E-state index in [0.29, 0.717) is 0 Å². The number of hydrogen-bond donors (Lipinski definition) is 0. The Morgan fingerprint density at radius 3 is 2.56 bits per heavy atom. The van der Waals surface area contributed by atoms with Crippen LogP contribution in [0.4, 0.5) is 0 Å². The monoisotopic (exact) mass is 216 g/mol. The lowest BCUT2D eigenvalue weighted by Gasteiger charge is -2.31. The van der Waals surface area contributed by atoms with E-state index in [1.165, 1.54) is 38.0 Å². The normalized spacial score (nSPS) is 30.1. The largest absolute Gasteiger partial charge is 0.301 e. The third-order valence-electron chi connectivity index (χ3n) is 4.16. The lowest BCUT2D eigenvalue weighted by atomic mass is 10.1. The fourth-order valence-electron chi connectivity index (χ4n) is 3.14. The molecule has 86 valence electrons. The lowest BCUT2D eigenvalue weighted by Crippen LogP contribution is -2.45. The summed E-state index contributed by atoms with van der Waals surface area (Å²) in [6, 6.07) is 12.5. The van der Waals surface area contributed by atoms with Crippen molar-refractivity contribution in [3.05, 3.63) is 35.9 Å². The van der Waals surface area contributed by atoms with Crippen molar-refractivity contribution < 1.29 is 0 Å². The van der Waals surface area contributed by atoms with Crippen LogP contribution in [0.2, 0.25) is 0 Å². The van der Waals surface area contributed by atoms with Gasteiger partial charge in [0.1, 0.15) is 0 Å². The van der Waals surface area contributed by atoms with Crippen molar-refractivity contribution in [3.8, 4) is 0 Å². The summed E-state index contributed by atoms with van der Waals surface area (Å²) < 4.78 is 0. The highest BCUT2D eigenvalue weighted by molar-refractivity contribution is 5.15. The Balaban J connectivity index is 1.54.